The van der Waals surface area contributed by atoms with Crippen LogP contribution in [0.4, 0.5) is 0 Å². The highest BCUT2D eigenvalue weighted by Gasteiger charge is 2.23. The van der Waals surface area contributed by atoms with Crippen LogP contribution in [-0.4, -0.2) is 14.4 Å². The van der Waals surface area contributed by atoms with Crippen LogP contribution < -0.4 is 5.56 Å². The van der Waals surface area contributed by atoms with E-state index in [0.29, 0.717) is 16.5 Å². The topological polar surface area (TPSA) is 50.2 Å². The molecule has 4 rings (SSSR count). The molecule has 22 heavy (non-hydrogen) atoms. The maximum absolute atomic E-state index is 12.4. The predicted octanol–water partition coefficient (Wildman–Crippen LogP) is 4.19. The van der Waals surface area contributed by atoms with Crippen molar-refractivity contribution in [2.24, 2.45) is 0 Å². The summed E-state index contributed by atoms with van der Waals surface area (Å²) in [5.41, 5.74) is 3.10. The highest BCUT2D eigenvalue weighted by atomic mass is 35.5. The lowest BCUT2D eigenvalue weighted by atomic mass is 9.89. The molecule has 114 valence electrons. The fourth-order valence-electron chi connectivity index (χ4n) is 3.67. The van der Waals surface area contributed by atoms with Gasteiger partial charge in [0.15, 0.2) is 0 Å². The predicted molar refractivity (Wildman–Crippen MR) is 88.9 cm³/mol. The Morgan fingerprint density at radius 2 is 2.05 bits per heavy atom. The van der Waals surface area contributed by atoms with E-state index >= 15 is 0 Å². The van der Waals surface area contributed by atoms with E-state index in [2.05, 4.69) is 4.98 Å². The van der Waals surface area contributed by atoms with E-state index in [-0.39, 0.29) is 5.56 Å². The molecule has 0 radical (unpaired) electrons. The van der Waals surface area contributed by atoms with Crippen molar-refractivity contribution < 1.29 is 0 Å². The van der Waals surface area contributed by atoms with Gasteiger partial charge in [-0.3, -0.25) is 9.20 Å². The van der Waals surface area contributed by atoms with E-state index in [1.54, 1.807) is 6.07 Å². The Morgan fingerprint density at radius 1 is 1.27 bits per heavy atom. The van der Waals surface area contributed by atoms with Gasteiger partial charge in [0.25, 0.3) is 5.56 Å². The number of aromatic nitrogens is 3. The molecule has 0 bridgehead atoms. The van der Waals surface area contributed by atoms with Gasteiger partial charge in [0.2, 0.25) is 0 Å². The number of hydrogen-bond donors (Lipinski definition) is 1. The van der Waals surface area contributed by atoms with E-state index < -0.39 is 0 Å². The molecule has 0 aliphatic heterocycles. The minimum absolute atomic E-state index is 0.0816. The highest BCUT2D eigenvalue weighted by molar-refractivity contribution is 6.31. The van der Waals surface area contributed by atoms with Crippen LogP contribution in [0.3, 0.4) is 0 Å². The van der Waals surface area contributed by atoms with E-state index in [0.717, 1.165) is 35.4 Å². The first-order chi connectivity index (χ1) is 10.6. The Morgan fingerprint density at radius 3 is 2.82 bits per heavy atom. The molecule has 3 aromatic rings. The molecule has 1 aromatic carbocycles. The molecule has 1 fully saturated rings. The second kappa shape index (κ2) is 5.13. The molecular weight excluding hydrogens is 298 g/mol. The number of rotatable bonds is 1. The number of halogens is 1. The molecule has 0 saturated heterocycles. The Bertz CT molecular complexity index is 919. The minimum Gasteiger partial charge on any atom is -0.319 e. The zero-order chi connectivity index (χ0) is 15.3. The van der Waals surface area contributed by atoms with Crippen molar-refractivity contribution in [3.05, 3.63) is 45.1 Å². The second-order valence-electron chi connectivity index (χ2n) is 6.19. The van der Waals surface area contributed by atoms with Gasteiger partial charge in [0.05, 0.1) is 16.7 Å². The quantitative estimate of drug-likeness (QED) is 0.732. The van der Waals surface area contributed by atoms with Gasteiger partial charge in [0.1, 0.15) is 11.3 Å². The SMILES string of the molecule is Cc1nc(C2CCCCC2)n2c1c(=O)[nH]c1ccc(Cl)cc12. The van der Waals surface area contributed by atoms with Crippen molar-refractivity contribution in [1.82, 2.24) is 14.4 Å². The summed E-state index contributed by atoms with van der Waals surface area (Å²) in [6.45, 7) is 1.91. The Balaban J connectivity index is 2.10. The highest BCUT2D eigenvalue weighted by Crippen LogP contribution is 2.34. The normalized spacial score (nSPS) is 16.6. The summed E-state index contributed by atoms with van der Waals surface area (Å²) < 4.78 is 2.03. The van der Waals surface area contributed by atoms with Crippen LogP contribution in [0.15, 0.2) is 23.0 Å². The summed E-state index contributed by atoms with van der Waals surface area (Å²) in [7, 11) is 0. The average Bonchev–Trinajstić information content (AvgIpc) is 2.88. The summed E-state index contributed by atoms with van der Waals surface area (Å²) >= 11 is 6.18. The minimum atomic E-state index is -0.0816. The molecule has 0 spiro atoms. The van der Waals surface area contributed by atoms with Crippen molar-refractivity contribution >= 4 is 28.2 Å². The Labute approximate surface area is 133 Å². The summed E-state index contributed by atoms with van der Waals surface area (Å²) in [6.07, 6.45) is 6.06. The Hall–Kier alpha value is -1.81. The molecular formula is C17H18ClN3O. The lowest BCUT2D eigenvalue weighted by molar-refractivity contribution is 0.428. The van der Waals surface area contributed by atoms with Gasteiger partial charge in [-0.2, -0.15) is 0 Å². The smallest absolute Gasteiger partial charge is 0.274 e. The second-order valence-corrected chi connectivity index (χ2v) is 6.63. The summed E-state index contributed by atoms with van der Waals surface area (Å²) in [4.78, 5) is 20.1. The van der Waals surface area contributed by atoms with Crippen molar-refractivity contribution in [2.45, 2.75) is 44.9 Å². The third kappa shape index (κ3) is 2.05. The van der Waals surface area contributed by atoms with Gasteiger partial charge in [-0.05, 0) is 38.0 Å². The van der Waals surface area contributed by atoms with Crippen molar-refractivity contribution in [1.29, 1.82) is 0 Å². The summed E-state index contributed by atoms with van der Waals surface area (Å²) in [6, 6.07) is 5.57. The zero-order valence-corrected chi connectivity index (χ0v) is 13.3. The maximum Gasteiger partial charge on any atom is 0.274 e. The van der Waals surface area contributed by atoms with Gasteiger partial charge < -0.3 is 4.98 Å². The lowest BCUT2D eigenvalue weighted by Crippen LogP contribution is -2.14. The fraction of sp³-hybridized carbons (Fsp3) is 0.412. The van der Waals surface area contributed by atoms with Gasteiger partial charge in [-0.15, -0.1) is 0 Å². The van der Waals surface area contributed by atoms with E-state index in [1.807, 2.05) is 23.5 Å². The molecule has 1 N–H and O–H groups in total. The van der Waals surface area contributed by atoms with Crippen LogP contribution in [0.5, 0.6) is 0 Å². The van der Waals surface area contributed by atoms with Crippen molar-refractivity contribution in [2.75, 3.05) is 0 Å². The number of nitrogens with zero attached hydrogens (tertiary/aromatic N) is 2. The number of H-pyrrole nitrogens is 1. The first-order valence-electron chi connectivity index (χ1n) is 7.85. The van der Waals surface area contributed by atoms with Crippen molar-refractivity contribution in [3.63, 3.8) is 0 Å². The molecule has 0 unspecified atom stereocenters. The standard InChI is InChI=1S/C17H18ClN3O/c1-10-15-17(22)20-13-8-7-12(18)9-14(13)21(15)16(19-10)11-5-3-2-4-6-11/h7-9,11H,2-6H2,1H3,(H,20,22). The van der Waals surface area contributed by atoms with Crippen LogP contribution in [0.25, 0.3) is 16.6 Å². The van der Waals surface area contributed by atoms with E-state index in [4.69, 9.17) is 16.6 Å². The molecule has 2 heterocycles. The molecule has 4 nitrogen and oxygen atoms in total. The number of aromatic amines is 1. The van der Waals surface area contributed by atoms with Crippen molar-refractivity contribution in [3.8, 4) is 0 Å². The summed E-state index contributed by atoms with van der Waals surface area (Å²) in [5, 5.41) is 0.668. The zero-order valence-electron chi connectivity index (χ0n) is 12.5. The number of aryl methyl sites for hydroxylation is 1. The molecule has 0 atom stereocenters. The van der Waals surface area contributed by atoms with Gasteiger partial charge in [-0.25, -0.2) is 4.98 Å². The van der Waals surface area contributed by atoms with Gasteiger partial charge in [0, 0.05) is 10.9 Å². The Kier molecular flexibility index (Phi) is 3.22. The lowest BCUT2D eigenvalue weighted by Gasteiger charge is -2.21. The first-order valence-corrected chi connectivity index (χ1v) is 8.23. The fourth-order valence-corrected chi connectivity index (χ4v) is 3.84. The molecule has 1 aliphatic rings. The first kappa shape index (κ1) is 13.8. The number of benzene rings is 1. The van der Waals surface area contributed by atoms with Crippen LogP contribution in [0.2, 0.25) is 5.02 Å². The number of nitrogens with one attached hydrogen (secondary N) is 1. The third-order valence-corrected chi connectivity index (χ3v) is 4.95. The number of hydrogen-bond acceptors (Lipinski definition) is 2. The molecule has 1 saturated carbocycles. The average molecular weight is 316 g/mol. The monoisotopic (exact) mass is 315 g/mol. The third-order valence-electron chi connectivity index (χ3n) is 4.71. The molecule has 5 heteroatoms. The van der Waals surface area contributed by atoms with Gasteiger partial charge >= 0.3 is 0 Å². The van der Waals surface area contributed by atoms with Crippen LogP contribution in [0.1, 0.15) is 49.5 Å². The van der Waals surface area contributed by atoms with Crippen LogP contribution in [-0.2, 0) is 0 Å². The van der Waals surface area contributed by atoms with E-state index in [1.165, 1.54) is 19.3 Å². The van der Waals surface area contributed by atoms with Gasteiger partial charge in [-0.1, -0.05) is 30.9 Å². The van der Waals surface area contributed by atoms with Crippen LogP contribution in [0, 0.1) is 6.92 Å². The number of fused-ring (bicyclic) bond motifs is 3. The maximum atomic E-state index is 12.4. The molecule has 1 aliphatic carbocycles. The summed E-state index contributed by atoms with van der Waals surface area (Å²) in [5.74, 6) is 1.45. The van der Waals surface area contributed by atoms with E-state index in [9.17, 15) is 4.79 Å². The molecule has 2 aromatic heterocycles. The number of imidazole rings is 1. The molecule has 0 amide bonds. The van der Waals surface area contributed by atoms with Crippen LogP contribution >= 0.6 is 11.6 Å². The largest absolute Gasteiger partial charge is 0.319 e.